The lowest BCUT2D eigenvalue weighted by atomic mass is 9.94. The summed E-state index contributed by atoms with van der Waals surface area (Å²) < 4.78 is 0. The van der Waals surface area contributed by atoms with Crippen LogP contribution in [0.2, 0.25) is 0 Å². The van der Waals surface area contributed by atoms with Gasteiger partial charge in [0.2, 0.25) is 0 Å². The average molecular weight is 155 g/mol. The number of nitrogens with one attached hydrogen (secondary N) is 1. The first-order valence-corrected chi connectivity index (χ1v) is 5.07. The minimum atomic E-state index is 0.422. The summed E-state index contributed by atoms with van der Waals surface area (Å²) in [5, 5.41) is 3.55. The van der Waals surface area contributed by atoms with Gasteiger partial charge in [-0.15, -0.1) is 0 Å². The summed E-state index contributed by atoms with van der Waals surface area (Å²) in [5.74, 6) is 2.66. The van der Waals surface area contributed by atoms with Crippen LogP contribution in [0.15, 0.2) is 12.2 Å². The summed E-state index contributed by atoms with van der Waals surface area (Å²) >= 11 is 2.08. The minimum absolute atomic E-state index is 0.422. The molecule has 1 spiro atoms. The third-order valence-corrected chi connectivity index (χ3v) is 3.38. The molecular weight excluding hydrogens is 142 g/mol. The highest BCUT2D eigenvalue weighted by atomic mass is 32.2. The predicted molar refractivity (Wildman–Crippen MR) is 46.4 cm³/mol. The molecule has 0 atom stereocenters. The van der Waals surface area contributed by atoms with E-state index < -0.39 is 0 Å². The van der Waals surface area contributed by atoms with Crippen molar-refractivity contribution in [2.45, 2.75) is 18.4 Å². The van der Waals surface area contributed by atoms with Gasteiger partial charge in [0, 0.05) is 12.1 Å². The Kier molecular flexibility index (Phi) is 1.75. The van der Waals surface area contributed by atoms with Gasteiger partial charge in [0.25, 0.3) is 0 Å². The number of hydrogen-bond acceptors (Lipinski definition) is 2. The molecule has 56 valence electrons. The summed E-state index contributed by atoms with van der Waals surface area (Å²) in [6.45, 7) is 1.09. The van der Waals surface area contributed by atoms with E-state index in [9.17, 15) is 0 Å². The zero-order valence-corrected chi connectivity index (χ0v) is 6.91. The summed E-state index contributed by atoms with van der Waals surface area (Å²) in [6, 6.07) is 0. The Hall–Kier alpha value is 0.0500. The van der Waals surface area contributed by atoms with E-state index in [1.165, 1.54) is 24.3 Å². The lowest BCUT2D eigenvalue weighted by molar-refractivity contribution is 0.413. The monoisotopic (exact) mass is 155 g/mol. The van der Waals surface area contributed by atoms with Crippen LogP contribution in [0, 0.1) is 0 Å². The van der Waals surface area contributed by atoms with Crippen molar-refractivity contribution in [3.05, 3.63) is 12.2 Å². The molecule has 2 heterocycles. The highest BCUT2D eigenvalue weighted by Gasteiger charge is 2.30. The second-order valence-electron chi connectivity index (χ2n) is 3.05. The van der Waals surface area contributed by atoms with Crippen LogP contribution in [0.1, 0.15) is 12.8 Å². The third kappa shape index (κ3) is 1.10. The molecule has 2 heteroatoms. The van der Waals surface area contributed by atoms with Crippen LogP contribution >= 0.6 is 11.8 Å². The molecule has 0 radical (unpaired) electrons. The van der Waals surface area contributed by atoms with Gasteiger partial charge in [0.1, 0.15) is 0 Å². The van der Waals surface area contributed by atoms with Gasteiger partial charge in [-0.2, -0.15) is 11.8 Å². The summed E-state index contributed by atoms with van der Waals surface area (Å²) in [5.41, 5.74) is 0.422. The highest BCUT2D eigenvalue weighted by molar-refractivity contribution is 7.99. The molecule has 0 bridgehead atoms. The Balaban J connectivity index is 2.05. The van der Waals surface area contributed by atoms with Gasteiger partial charge in [0.05, 0.1) is 0 Å². The molecule has 2 aliphatic rings. The second kappa shape index (κ2) is 2.59. The fraction of sp³-hybridized carbons (Fsp3) is 0.750. The smallest absolute Gasteiger partial charge is 0.0383 e. The molecular formula is C8H13NS. The van der Waals surface area contributed by atoms with Gasteiger partial charge in [-0.25, -0.2) is 0 Å². The Morgan fingerprint density at radius 3 is 2.70 bits per heavy atom. The fourth-order valence-electron chi connectivity index (χ4n) is 1.68. The van der Waals surface area contributed by atoms with E-state index >= 15 is 0 Å². The highest BCUT2D eigenvalue weighted by Crippen LogP contribution is 2.29. The van der Waals surface area contributed by atoms with Gasteiger partial charge in [-0.3, -0.25) is 0 Å². The van der Waals surface area contributed by atoms with E-state index in [0.29, 0.717) is 5.54 Å². The van der Waals surface area contributed by atoms with Gasteiger partial charge >= 0.3 is 0 Å². The van der Waals surface area contributed by atoms with E-state index in [4.69, 9.17) is 0 Å². The molecule has 1 N–H and O–H groups in total. The van der Waals surface area contributed by atoms with Crippen LogP contribution in [0.3, 0.4) is 0 Å². The lowest BCUT2D eigenvalue weighted by Crippen LogP contribution is -2.42. The van der Waals surface area contributed by atoms with Crippen molar-refractivity contribution in [3.8, 4) is 0 Å². The number of thioether (sulfide) groups is 1. The SMILES string of the molecule is C1=CC2(CCSCC2)NC1. The Labute approximate surface area is 66.3 Å². The summed E-state index contributed by atoms with van der Waals surface area (Å²) in [7, 11) is 0. The normalized spacial score (nSPS) is 29.6. The maximum atomic E-state index is 3.55. The molecule has 0 saturated carbocycles. The summed E-state index contributed by atoms with van der Waals surface area (Å²) in [6.07, 6.45) is 7.28. The topological polar surface area (TPSA) is 12.0 Å². The summed E-state index contributed by atoms with van der Waals surface area (Å²) in [4.78, 5) is 0. The second-order valence-corrected chi connectivity index (χ2v) is 4.28. The van der Waals surface area contributed by atoms with E-state index in [2.05, 4.69) is 29.2 Å². The zero-order chi connectivity index (χ0) is 6.86. The van der Waals surface area contributed by atoms with Gasteiger partial charge < -0.3 is 5.32 Å². The Morgan fingerprint density at radius 2 is 2.10 bits per heavy atom. The molecule has 1 saturated heterocycles. The molecule has 0 aromatic heterocycles. The van der Waals surface area contributed by atoms with Crippen molar-refractivity contribution >= 4 is 11.8 Å². The van der Waals surface area contributed by atoms with E-state index in [1.807, 2.05) is 0 Å². The van der Waals surface area contributed by atoms with Crippen molar-refractivity contribution in [1.29, 1.82) is 0 Å². The first-order chi connectivity index (χ1) is 4.91. The molecule has 2 aliphatic heterocycles. The number of hydrogen-bond donors (Lipinski definition) is 1. The van der Waals surface area contributed by atoms with Crippen LogP contribution in [-0.2, 0) is 0 Å². The van der Waals surface area contributed by atoms with Crippen LogP contribution in [0.5, 0.6) is 0 Å². The van der Waals surface area contributed by atoms with Crippen molar-refractivity contribution < 1.29 is 0 Å². The van der Waals surface area contributed by atoms with Crippen LogP contribution in [-0.4, -0.2) is 23.6 Å². The van der Waals surface area contributed by atoms with Gasteiger partial charge in [-0.1, -0.05) is 12.2 Å². The fourth-order valence-corrected chi connectivity index (χ4v) is 2.91. The van der Waals surface area contributed by atoms with Crippen molar-refractivity contribution in [2.24, 2.45) is 0 Å². The first kappa shape index (κ1) is 6.74. The molecule has 0 unspecified atom stereocenters. The molecule has 1 nitrogen and oxygen atoms in total. The van der Waals surface area contributed by atoms with E-state index in [1.54, 1.807) is 0 Å². The molecule has 1 fully saturated rings. The molecule has 0 amide bonds. The Morgan fingerprint density at radius 1 is 1.30 bits per heavy atom. The Bertz CT molecular complexity index is 147. The van der Waals surface area contributed by atoms with Gasteiger partial charge in [0.15, 0.2) is 0 Å². The quantitative estimate of drug-likeness (QED) is 0.531. The molecule has 0 aromatic rings. The lowest BCUT2D eigenvalue weighted by Gasteiger charge is -2.31. The largest absolute Gasteiger partial charge is 0.304 e. The molecule has 0 aromatic carbocycles. The molecule has 2 rings (SSSR count). The van der Waals surface area contributed by atoms with E-state index in [-0.39, 0.29) is 0 Å². The van der Waals surface area contributed by atoms with Gasteiger partial charge in [-0.05, 0) is 24.3 Å². The van der Waals surface area contributed by atoms with Crippen LogP contribution in [0.4, 0.5) is 0 Å². The van der Waals surface area contributed by atoms with Crippen LogP contribution < -0.4 is 5.32 Å². The molecule has 0 aliphatic carbocycles. The van der Waals surface area contributed by atoms with E-state index in [0.717, 1.165) is 6.54 Å². The minimum Gasteiger partial charge on any atom is -0.304 e. The maximum absolute atomic E-state index is 3.55. The maximum Gasteiger partial charge on any atom is 0.0383 e. The first-order valence-electron chi connectivity index (χ1n) is 3.92. The van der Waals surface area contributed by atoms with Crippen LogP contribution in [0.25, 0.3) is 0 Å². The van der Waals surface area contributed by atoms with Crippen molar-refractivity contribution in [3.63, 3.8) is 0 Å². The third-order valence-electron chi connectivity index (χ3n) is 2.39. The van der Waals surface area contributed by atoms with Crippen molar-refractivity contribution in [2.75, 3.05) is 18.1 Å². The molecule has 10 heavy (non-hydrogen) atoms. The predicted octanol–water partition coefficient (Wildman–Crippen LogP) is 1.41. The average Bonchev–Trinajstić information content (AvgIpc) is 2.39. The zero-order valence-electron chi connectivity index (χ0n) is 6.10. The van der Waals surface area contributed by atoms with Crippen molar-refractivity contribution in [1.82, 2.24) is 5.32 Å². The standard InChI is InChI=1S/C8H13NS/c1-2-8(9-5-1)3-6-10-7-4-8/h1-2,9H,3-7H2. The number of rotatable bonds is 0.